The third-order valence-corrected chi connectivity index (χ3v) is 11.7. The first-order valence-corrected chi connectivity index (χ1v) is 27.4. The van der Waals surface area contributed by atoms with Gasteiger partial charge in [0.1, 0.15) is 13.2 Å². The van der Waals surface area contributed by atoms with Crippen molar-refractivity contribution in [2.24, 2.45) is 0 Å². The predicted octanol–water partition coefficient (Wildman–Crippen LogP) is 18.2. The second-order valence-electron chi connectivity index (χ2n) is 18.1. The monoisotopic (exact) mass is 907 g/mol. The van der Waals surface area contributed by atoms with Gasteiger partial charge in [0.25, 0.3) is 0 Å². The average molecular weight is 907 g/mol. The van der Waals surface area contributed by atoms with E-state index in [0.29, 0.717) is 19.3 Å². The topological polar surface area (TPSA) is 78.9 Å². The Morgan fingerprint density at radius 2 is 0.569 bits per heavy atom. The number of hydrogen-bond acceptors (Lipinski definition) is 6. The fourth-order valence-electron chi connectivity index (χ4n) is 7.52. The maximum Gasteiger partial charge on any atom is 0.306 e. The van der Waals surface area contributed by atoms with Gasteiger partial charge in [0, 0.05) is 19.3 Å². The molecule has 0 spiro atoms. The third kappa shape index (κ3) is 51.7. The molecule has 0 unspecified atom stereocenters. The molecule has 0 N–H and O–H groups in total. The Bertz CT molecular complexity index is 1230. The first-order chi connectivity index (χ1) is 32.0. The minimum atomic E-state index is -0.805. The number of ether oxygens (including phenoxy) is 3. The van der Waals surface area contributed by atoms with Crippen LogP contribution in [-0.2, 0) is 28.6 Å². The molecule has 0 saturated carbocycles. The molecule has 374 valence electrons. The molecule has 0 amide bonds. The van der Waals surface area contributed by atoms with E-state index < -0.39 is 6.10 Å². The lowest BCUT2D eigenvalue weighted by molar-refractivity contribution is -0.167. The Balaban J connectivity index is 4.49. The maximum absolute atomic E-state index is 12.8. The van der Waals surface area contributed by atoms with Crippen LogP contribution < -0.4 is 0 Å². The predicted molar refractivity (Wildman–Crippen MR) is 279 cm³/mol. The Morgan fingerprint density at radius 3 is 0.954 bits per heavy atom. The number of carbonyl (C=O) groups is 3. The summed E-state index contributed by atoms with van der Waals surface area (Å²) >= 11 is 0. The molecule has 0 aromatic carbocycles. The van der Waals surface area contributed by atoms with E-state index in [1.54, 1.807) is 0 Å². The van der Waals surface area contributed by atoms with E-state index in [-0.39, 0.29) is 37.5 Å². The third-order valence-electron chi connectivity index (χ3n) is 11.7. The van der Waals surface area contributed by atoms with Crippen LogP contribution in [0.4, 0.5) is 0 Å². The van der Waals surface area contributed by atoms with E-state index in [2.05, 4.69) is 93.7 Å². The maximum atomic E-state index is 12.8. The molecule has 0 saturated heterocycles. The summed E-state index contributed by atoms with van der Waals surface area (Å²) in [6.45, 7) is 6.55. The van der Waals surface area contributed by atoms with Gasteiger partial charge in [-0.3, -0.25) is 14.4 Å². The fraction of sp³-hybridized carbons (Fsp3) is 0.746. The van der Waals surface area contributed by atoms with Crippen molar-refractivity contribution in [2.45, 2.75) is 271 Å². The summed E-state index contributed by atoms with van der Waals surface area (Å²) < 4.78 is 16.8. The van der Waals surface area contributed by atoms with Crippen LogP contribution in [0.25, 0.3) is 0 Å². The number of rotatable bonds is 49. The zero-order valence-corrected chi connectivity index (χ0v) is 42.7. The molecule has 0 rings (SSSR count). The van der Waals surface area contributed by atoms with E-state index in [1.165, 1.54) is 135 Å². The van der Waals surface area contributed by atoms with Crippen LogP contribution in [-0.4, -0.2) is 37.2 Å². The van der Waals surface area contributed by atoms with Gasteiger partial charge < -0.3 is 14.2 Å². The molecule has 0 aliphatic carbocycles. The number of carbonyl (C=O) groups excluding carboxylic acids is 3. The summed E-state index contributed by atoms with van der Waals surface area (Å²) in [5, 5.41) is 0. The molecule has 0 aliphatic rings. The van der Waals surface area contributed by atoms with Gasteiger partial charge in [-0.2, -0.15) is 0 Å². The van der Waals surface area contributed by atoms with Crippen molar-refractivity contribution in [1.29, 1.82) is 0 Å². The summed E-state index contributed by atoms with van der Waals surface area (Å²) in [4.78, 5) is 38.0. The van der Waals surface area contributed by atoms with Crippen LogP contribution in [0.1, 0.15) is 265 Å². The van der Waals surface area contributed by atoms with Crippen molar-refractivity contribution >= 4 is 17.9 Å². The van der Waals surface area contributed by atoms with Gasteiger partial charge in [0.2, 0.25) is 0 Å². The molecule has 6 nitrogen and oxygen atoms in total. The first-order valence-electron chi connectivity index (χ1n) is 27.4. The van der Waals surface area contributed by atoms with E-state index >= 15 is 0 Å². The average Bonchev–Trinajstić information content (AvgIpc) is 3.30. The van der Waals surface area contributed by atoms with E-state index in [9.17, 15) is 14.4 Å². The van der Waals surface area contributed by atoms with Crippen molar-refractivity contribution < 1.29 is 28.6 Å². The smallest absolute Gasteiger partial charge is 0.306 e. The van der Waals surface area contributed by atoms with Crippen molar-refractivity contribution in [2.75, 3.05) is 13.2 Å². The van der Waals surface area contributed by atoms with Crippen LogP contribution in [0.2, 0.25) is 0 Å². The van der Waals surface area contributed by atoms with Crippen LogP contribution in [0.5, 0.6) is 0 Å². The van der Waals surface area contributed by atoms with Gasteiger partial charge in [-0.15, -0.1) is 0 Å². The molecule has 6 heteroatoms. The van der Waals surface area contributed by atoms with E-state index in [0.717, 1.165) is 83.5 Å². The highest BCUT2D eigenvalue weighted by Gasteiger charge is 2.19. The lowest BCUT2D eigenvalue weighted by atomic mass is 10.0. The Kier molecular flexibility index (Phi) is 50.9. The van der Waals surface area contributed by atoms with Gasteiger partial charge in [-0.05, 0) is 89.9 Å². The first kappa shape index (κ1) is 61.9. The Hall–Kier alpha value is -3.15. The standard InChI is InChI=1S/C59H102O6/c1-4-7-10-13-16-19-22-25-27-29-31-34-37-40-43-46-49-52-58(61)64-55-56(54-63-57(60)51-48-45-42-39-36-33-24-21-18-15-12-9-6-3)65-59(62)53-50-47-44-41-38-35-32-30-28-26-23-20-17-14-11-8-5-2/h17,20,25-28,31-32,34-35,40,43,56H,4-16,18-19,21-24,29-30,33,36-39,41-42,44-55H2,1-3H3/b20-17-,27-25-,28-26-,34-31-,35-32-,43-40-/t56-/m0/s1. The molecular weight excluding hydrogens is 805 g/mol. The molecule has 0 fully saturated rings. The summed E-state index contributed by atoms with van der Waals surface area (Å²) in [5.74, 6) is -0.970. The van der Waals surface area contributed by atoms with Crippen LogP contribution in [0.3, 0.4) is 0 Å². The van der Waals surface area contributed by atoms with Crippen LogP contribution in [0.15, 0.2) is 72.9 Å². The zero-order valence-electron chi connectivity index (χ0n) is 42.7. The Morgan fingerprint density at radius 1 is 0.308 bits per heavy atom. The second-order valence-corrected chi connectivity index (χ2v) is 18.1. The summed E-state index contributed by atoms with van der Waals surface area (Å²) in [6.07, 6.45) is 67.5. The van der Waals surface area contributed by atoms with Gasteiger partial charge in [-0.1, -0.05) is 229 Å². The molecule has 0 radical (unpaired) electrons. The molecule has 1 atom stereocenters. The van der Waals surface area contributed by atoms with Crippen molar-refractivity contribution in [1.82, 2.24) is 0 Å². The largest absolute Gasteiger partial charge is 0.462 e. The molecule has 0 aromatic heterocycles. The van der Waals surface area contributed by atoms with Crippen molar-refractivity contribution in [3.63, 3.8) is 0 Å². The molecule has 0 heterocycles. The SMILES string of the molecule is CCCCC/C=C\C/C=C\C/C=C\CCCCCCC(=O)O[C@H](COC(=O)CCC/C=C\C/C=C\C/C=C\CCCCCCCC)COC(=O)CCCCCCCCCCCCCCC. The van der Waals surface area contributed by atoms with Crippen molar-refractivity contribution in [3.8, 4) is 0 Å². The number of hydrogen-bond donors (Lipinski definition) is 0. The number of unbranched alkanes of at least 4 members (excludes halogenated alkanes) is 26. The Labute approximate surface area is 402 Å². The molecular formula is C59H102O6. The highest BCUT2D eigenvalue weighted by Crippen LogP contribution is 2.15. The number of esters is 3. The normalized spacial score (nSPS) is 12.6. The molecule has 0 aromatic rings. The van der Waals surface area contributed by atoms with Gasteiger partial charge in [0.05, 0.1) is 0 Å². The number of allylic oxidation sites excluding steroid dienone is 12. The van der Waals surface area contributed by atoms with Crippen LogP contribution in [0, 0.1) is 0 Å². The lowest BCUT2D eigenvalue weighted by Gasteiger charge is -2.18. The quantitative estimate of drug-likeness (QED) is 0.0262. The summed E-state index contributed by atoms with van der Waals surface area (Å²) in [7, 11) is 0. The highest BCUT2D eigenvalue weighted by atomic mass is 16.6. The van der Waals surface area contributed by atoms with Gasteiger partial charge in [0.15, 0.2) is 6.10 Å². The minimum Gasteiger partial charge on any atom is -0.462 e. The summed E-state index contributed by atoms with van der Waals surface area (Å²) in [6, 6.07) is 0. The molecule has 0 bridgehead atoms. The molecule has 0 aliphatic heterocycles. The zero-order chi connectivity index (χ0) is 47.2. The second kappa shape index (κ2) is 53.5. The van der Waals surface area contributed by atoms with E-state index in [4.69, 9.17) is 14.2 Å². The minimum absolute atomic E-state index is 0.0985. The molecule has 65 heavy (non-hydrogen) atoms. The van der Waals surface area contributed by atoms with E-state index in [1.807, 2.05) is 0 Å². The van der Waals surface area contributed by atoms with Gasteiger partial charge in [-0.25, -0.2) is 0 Å². The highest BCUT2D eigenvalue weighted by molar-refractivity contribution is 5.71. The van der Waals surface area contributed by atoms with Crippen molar-refractivity contribution in [3.05, 3.63) is 72.9 Å². The fourth-order valence-corrected chi connectivity index (χ4v) is 7.52. The lowest BCUT2D eigenvalue weighted by Crippen LogP contribution is -2.30. The van der Waals surface area contributed by atoms with Gasteiger partial charge >= 0.3 is 17.9 Å². The van der Waals surface area contributed by atoms with Crippen LogP contribution >= 0.6 is 0 Å². The summed E-state index contributed by atoms with van der Waals surface area (Å²) in [5.41, 5.74) is 0.